The predicted molar refractivity (Wildman–Crippen MR) is 80.9 cm³/mol. The van der Waals surface area contributed by atoms with Gasteiger partial charge in [0.15, 0.2) is 5.76 Å². The number of furan rings is 1. The first kappa shape index (κ1) is 15.1. The molecule has 0 bridgehead atoms. The minimum Gasteiger partial charge on any atom is -0.487 e. The van der Waals surface area contributed by atoms with Gasteiger partial charge in [-0.05, 0) is 24.3 Å². The lowest BCUT2D eigenvalue weighted by Gasteiger charge is -2.21. The third-order valence-corrected chi connectivity index (χ3v) is 3.74. The van der Waals surface area contributed by atoms with Crippen LogP contribution < -0.4 is 10.1 Å². The molecule has 0 saturated carbocycles. The fourth-order valence-corrected chi connectivity index (χ4v) is 2.67. The van der Waals surface area contributed by atoms with E-state index in [4.69, 9.17) is 9.15 Å². The number of likely N-dealkylation sites (N-methyl/N-ethyl adjacent to an activating group) is 1. The summed E-state index contributed by atoms with van der Waals surface area (Å²) in [4.78, 5) is 30.1. The molecule has 1 aliphatic rings. The number of ether oxygens (including phenoxy) is 1. The van der Waals surface area contributed by atoms with Gasteiger partial charge < -0.3 is 19.4 Å². The normalized spacial score (nSPS) is 20.3. The van der Waals surface area contributed by atoms with Crippen molar-refractivity contribution in [2.24, 2.45) is 0 Å². The zero-order valence-electron chi connectivity index (χ0n) is 12.6. The number of hydrogen-bond donors (Lipinski definition) is 1. The minimum atomic E-state index is -0.584. The Bertz CT molecular complexity index is 672. The molecule has 1 N–H and O–H groups in total. The van der Waals surface area contributed by atoms with Gasteiger partial charge in [-0.15, -0.1) is 0 Å². The maximum absolute atomic E-state index is 12.5. The van der Waals surface area contributed by atoms with E-state index in [0.29, 0.717) is 18.7 Å². The van der Waals surface area contributed by atoms with Crippen LogP contribution in [-0.2, 0) is 4.79 Å². The van der Waals surface area contributed by atoms with E-state index in [9.17, 15) is 9.59 Å². The Labute approximate surface area is 133 Å². The molecule has 1 saturated heterocycles. The third kappa shape index (κ3) is 3.18. The van der Waals surface area contributed by atoms with Crippen LogP contribution in [0, 0.1) is 0 Å². The molecule has 2 aromatic heterocycles. The van der Waals surface area contributed by atoms with Crippen LogP contribution in [0.15, 0.2) is 47.3 Å². The highest BCUT2D eigenvalue weighted by atomic mass is 16.5. The van der Waals surface area contributed by atoms with E-state index in [2.05, 4.69) is 10.3 Å². The number of carbonyl (C=O) groups is 2. The van der Waals surface area contributed by atoms with Crippen molar-refractivity contribution in [1.29, 1.82) is 0 Å². The lowest BCUT2D eigenvalue weighted by molar-refractivity contribution is -0.124. The fraction of sp³-hybridized carbons (Fsp3) is 0.312. The van der Waals surface area contributed by atoms with Crippen molar-refractivity contribution in [3.05, 3.63) is 48.7 Å². The maximum atomic E-state index is 12.5. The van der Waals surface area contributed by atoms with Crippen LogP contribution in [0.1, 0.15) is 17.0 Å². The SMILES string of the molecule is CNC(=O)[C@@H]1C[C@H](Oc2cccnc2)CN1C(=O)c1ccco1. The predicted octanol–water partition coefficient (Wildman–Crippen LogP) is 1.08. The van der Waals surface area contributed by atoms with Gasteiger partial charge in [0, 0.05) is 19.7 Å². The molecular weight excluding hydrogens is 298 g/mol. The highest BCUT2D eigenvalue weighted by Gasteiger charge is 2.41. The summed E-state index contributed by atoms with van der Waals surface area (Å²) in [6.07, 6.45) is 4.83. The highest BCUT2D eigenvalue weighted by molar-refractivity contribution is 5.96. The van der Waals surface area contributed by atoms with Crippen molar-refractivity contribution in [2.75, 3.05) is 13.6 Å². The summed E-state index contributed by atoms with van der Waals surface area (Å²) in [6, 6.07) is 6.20. The van der Waals surface area contributed by atoms with Crippen molar-refractivity contribution < 1.29 is 18.7 Å². The molecule has 0 radical (unpaired) electrons. The van der Waals surface area contributed by atoms with Gasteiger partial charge >= 0.3 is 0 Å². The Balaban J connectivity index is 1.77. The van der Waals surface area contributed by atoms with Gasteiger partial charge in [0.05, 0.1) is 19.0 Å². The zero-order valence-corrected chi connectivity index (χ0v) is 12.6. The summed E-state index contributed by atoms with van der Waals surface area (Å²) in [7, 11) is 1.55. The number of pyridine rings is 1. The van der Waals surface area contributed by atoms with Gasteiger partial charge in [-0.2, -0.15) is 0 Å². The van der Waals surface area contributed by atoms with Gasteiger partial charge in [-0.3, -0.25) is 14.6 Å². The molecule has 0 spiro atoms. The minimum absolute atomic E-state index is 0.209. The average molecular weight is 315 g/mol. The number of carbonyl (C=O) groups excluding carboxylic acids is 2. The molecule has 1 aliphatic heterocycles. The van der Waals surface area contributed by atoms with Crippen LogP contribution in [0.2, 0.25) is 0 Å². The first-order chi connectivity index (χ1) is 11.2. The number of rotatable bonds is 4. The summed E-state index contributed by atoms with van der Waals surface area (Å²) in [5, 5.41) is 2.59. The Kier molecular flexibility index (Phi) is 4.27. The molecule has 3 heterocycles. The van der Waals surface area contributed by atoms with Crippen LogP contribution in [0.5, 0.6) is 5.75 Å². The second-order valence-electron chi connectivity index (χ2n) is 5.23. The number of hydrogen-bond acceptors (Lipinski definition) is 5. The largest absolute Gasteiger partial charge is 0.487 e. The van der Waals surface area contributed by atoms with Gasteiger partial charge in [0.25, 0.3) is 5.91 Å². The Morgan fingerprint density at radius 1 is 1.39 bits per heavy atom. The Morgan fingerprint density at radius 3 is 2.91 bits per heavy atom. The lowest BCUT2D eigenvalue weighted by Crippen LogP contribution is -2.44. The van der Waals surface area contributed by atoms with E-state index in [-0.39, 0.29) is 23.7 Å². The van der Waals surface area contributed by atoms with Gasteiger partial charge in [-0.1, -0.05) is 0 Å². The molecule has 0 aliphatic carbocycles. The van der Waals surface area contributed by atoms with E-state index in [1.165, 1.54) is 11.2 Å². The first-order valence-electron chi connectivity index (χ1n) is 7.32. The van der Waals surface area contributed by atoms with E-state index in [1.54, 1.807) is 43.7 Å². The maximum Gasteiger partial charge on any atom is 0.290 e. The molecule has 120 valence electrons. The lowest BCUT2D eigenvalue weighted by atomic mass is 10.2. The van der Waals surface area contributed by atoms with Crippen LogP contribution in [0.25, 0.3) is 0 Å². The molecule has 0 unspecified atom stereocenters. The molecule has 2 atom stereocenters. The summed E-state index contributed by atoms with van der Waals surface area (Å²) in [6.45, 7) is 0.312. The number of nitrogens with one attached hydrogen (secondary N) is 1. The molecule has 3 rings (SSSR count). The second-order valence-corrected chi connectivity index (χ2v) is 5.23. The van der Waals surface area contributed by atoms with Crippen molar-refractivity contribution >= 4 is 11.8 Å². The van der Waals surface area contributed by atoms with Crippen LogP contribution in [0.3, 0.4) is 0 Å². The summed E-state index contributed by atoms with van der Waals surface area (Å²) in [5.74, 6) is 0.282. The van der Waals surface area contributed by atoms with E-state index in [0.717, 1.165) is 0 Å². The highest BCUT2D eigenvalue weighted by Crippen LogP contribution is 2.24. The van der Waals surface area contributed by atoms with E-state index < -0.39 is 6.04 Å². The summed E-state index contributed by atoms with van der Waals surface area (Å²) in [5.41, 5.74) is 0. The molecule has 7 nitrogen and oxygen atoms in total. The molecule has 7 heteroatoms. The molecule has 2 amide bonds. The molecule has 0 aromatic carbocycles. The van der Waals surface area contributed by atoms with Gasteiger partial charge in [0.1, 0.15) is 17.9 Å². The summed E-state index contributed by atoms with van der Waals surface area (Å²) >= 11 is 0. The average Bonchev–Trinajstić information content (AvgIpc) is 3.24. The van der Waals surface area contributed by atoms with Crippen LogP contribution in [0.4, 0.5) is 0 Å². The Hall–Kier alpha value is -2.83. The topological polar surface area (TPSA) is 84.7 Å². The summed E-state index contributed by atoms with van der Waals surface area (Å²) < 4.78 is 11.0. The molecule has 2 aromatic rings. The number of amides is 2. The second kappa shape index (κ2) is 6.51. The van der Waals surface area contributed by atoms with E-state index >= 15 is 0 Å². The monoisotopic (exact) mass is 315 g/mol. The molecule has 23 heavy (non-hydrogen) atoms. The standard InChI is InChI=1S/C16H17N3O4/c1-17-15(20)13-8-12(23-11-4-2-6-18-9-11)10-19(13)16(21)14-5-3-7-22-14/h2-7,9,12-13H,8,10H2,1H3,(H,17,20)/t12-,13-/m0/s1. The van der Waals surface area contributed by atoms with Crippen molar-refractivity contribution in [2.45, 2.75) is 18.6 Å². The van der Waals surface area contributed by atoms with E-state index in [1.807, 2.05) is 0 Å². The van der Waals surface area contributed by atoms with Crippen LogP contribution in [-0.4, -0.2) is 47.4 Å². The fourth-order valence-electron chi connectivity index (χ4n) is 2.67. The number of aromatic nitrogens is 1. The van der Waals surface area contributed by atoms with Gasteiger partial charge in [-0.25, -0.2) is 0 Å². The Morgan fingerprint density at radius 2 is 2.26 bits per heavy atom. The van der Waals surface area contributed by atoms with Crippen molar-refractivity contribution in [3.8, 4) is 5.75 Å². The number of likely N-dealkylation sites (tertiary alicyclic amines) is 1. The zero-order chi connectivity index (χ0) is 16.2. The third-order valence-electron chi connectivity index (χ3n) is 3.74. The number of nitrogens with zero attached hydrogens (tertiary/aromatic N) is 2. The quantitative estimate of drug-likeness (QED) is 0.912. The van der Waals surface area contributed by atoms with Crippen LogP contribution >= 0.6 is 0 Å². The molecular formula is C16H17N3O4. The van der Waals surface area contributed by atoms with Crippen molar-refractivity contribution in [1.82, 2.24) is 15.2 Å². The van der Waals surface area contributed by atoms with Crippen molar-refractivity contribution in [3.63, 3.8) is 0 Å². The van der Waals surface area contributed by atoms with Gasteiger partial charge in [0.2, 0.25) is 5.91 Å². The smallest absolute Gasteiger partial charge is 0.290 e. The first-order valence-corrected chi connectivity index (χ1v) is 7.32. The molecule has 1 fully saturated rings.